The number of rotatable bonds is 8. The molecule has 2 fully saturated rings. The second kappa shape index (κ2) is 9.36. The second-order valence-electron chi connectivity index (χ2n) is 8.40. The molecule has 0 unspecified atom stereocenters. The van der Waals surface area contributed by atoms with Crippen LogP contribution in [0.1, 0.15) is 55.3 Å². The first-order chi connectivity index (χ1) is 13.0. The van der Waals surface area contributed by atoms with Gasteiger partial charge in [0.25, 0.3) is 5.91 Å². The Morgan fingerprint density at radius 1 is 0.963 bits per heavy atom. The summed E-state index contributed by atoms with van der Waals surface area (Å²) >= 11 is 0. The molecule has 3 rings (SSSR count). The molecule has 0 radical (unpaired) electrons. The van der Waals surface area contributed by atoms with Crippen molar-refractivity contribution in [2.75, 3.05) is 39.0 Å². The van der Waals surface area contributed by atoms with Gasteiger partial charge >= 0.3 is 0 Å². The normalized spacial score (nSPS) is 17.7. The molecule has 5 nitrogen and oxygen atoms in total. The zero-order chi connectivity index (χ0) is 19.2. The minimum Gasteiger partial charge on any atom is -0.337 e. The molecule has 2 aliphatic carbocycles. The predicted molar refractivity (Wildman–Crippen MR) is 109 cm³/mol. The van der Waals surface area contributed by atoms with E-state index in [2.05, 4.69) is 10.2 Å². The lowest BCUT2D eigenvalue weighted by atomic mass is 9.89. The van der Waals surface area contributed by atoms with Crippen molar-refractivity contribution in [1.82, 2.24) is 9.80 Å². The van der Waals surface area contributed by atoms with E-state index in [1.165, 1.54) is 32.1 Å². The van der Waals surface area contributed by atoms with E-state index >= 15 is 0 Å². The summed E-state index contributed by atoms with van der Waals surface area (Å²) in [6.07, 6.45) is 8.35. The molecule has 1 aromatic rings. The summed E-state index contributed by atoms with van der Waals surface area (Å²) in [7, 11) is 4.08. The van der Waals surface area contributed by atoms with Crippen molar-refractivity contribution >= 4 is 17.5 Å². The number of anilines is 1. The molecule has 2 amide bonds. The van der Waals surface area contributed by atoms with E-state index in [4.69, 9.17) is 0 Å². The molecule has 27 heavy (non-hydrogen) atoms. The van der Waals surface area contributed by atoms with Crippen LogP contribution in [0.4, 0.5) is 5.69 Å². The number of amides is 2. The number of hydrogen-bond donors (Lipinski definition) is 1. The largest absolute Gasteiger partial charge is 0.337 e. The third kappa shape index (κ3) is 6.06. The van der Waals surface area contributed by atoms with Crippen LogP contribution in [0.15, 0.2) is 24.3 Å². The number of carbonyl (C=O) groups excluding carboxylic acids is 2. The zero-order valence-electron chi connectivity index (χ0n) is 16.7. The highest BCUT2D eigenvalue weighted by molar-refractivity contribution is 5.96. The Labute approximate surface area is 163 Å². The number of nitrogens with zero attached hydrogens (tertiary/aromatic N) is 2. The first-order valence-corrected chi connectivity index (χ1v) is 10.4. The monoisotopic (exact) mass is 371 g/mol. The van der Waals surface area contributed by atoms with Crippen LogP contribution in [0, 0.1) is 11.8 Å². The number of benzene rings is 1. The van der Waals surface area contributed by atoms with E-state index in [0.717, 1.165) is 38.2 Å². The van der Waals surface area contributed by atoms with Gasteiger partial charge in [-0.25, -0.2) is 0 Å². The van der Waals surface area contributed by atoms with Crippen LogP contribution in [-0.2, 0) is 4.79 Å². The molecule has 148 valence electrons. The Bertz CT molecular complexity index is 631. The molecule has 0 saturated heterocycles. The topological polar surface area (TPSA) is 52.6 Å². The fraction of sp³-hybridized carbons (Fsp3) is 0.636. The van der Waals surface area contributed by atoms with E-state index < -0.39 is 0 Å². The molecule has 0 spiro atoms. The van der Waals surface area contributed by atoms with E-state index in [0.29, 0.717) is 11.5 Å². The molecule has 0 aromatic heterocycles. The molecule has 1 N–H and O–H groups in total. The highest BCUT2D eigenvalue weighted by Crippen LogP contribution is 2.30. The van der Waals surface area contributed by atoms with Crippen LogP contribution in [0.2, 0.25) is 0 Å². The molecule has 0 aliphatic heterocycles. The second-order valence-corrected chi connectivity index (χ2v) is 8.40. The Balaban J connectivity index is 1.62. The van der Waals surface area contributed by atoms with Gasteiger partial charge in [-0.3, -0.25) is 9.59 Å². The SMILES string of the molecule is CN(C)CCN(CC1CCCCC1)C(=O)c1ccc(NC(=O)C2CC2)cc1. The van der Waals surface area contributed by atoms with Gasteiger partial charge in [0.05, 0.1) is 0 Å². The highest BCUT2D eigenvalue weighted by atomic mass is 16.2. The fourth-order valence-corrected chi connectivity index (χ4v) is 3.75. The van der Waals surface area contributed by atoms with Gasteiger partial charge in [-0.2, -0.15) is 0 Å². The van der Waals surface area contributed by atoms with Crippen LogP contribution >= 0.6 is 0 Å². The number of carbonyl (C=O) groups is 2. The first-order valence-electron chi connectivity index (χ1n) is 10.4. The lowest BCUT2D eigenvalue weighted by molar-refractivity contribution is -0.117. The maximum atomic E-state index is 13.1. The quantitative estimate of drug-likeness (QED) is 0.759. The van der Waals surface area contributed by atoms with Gasteiger partial charge < -0.3 is 15.1 Å². The average molecular weight is 372 g/mol. The van der Waals surface area contributed by atoms with Crippen molar-refractivity contribution in [1.29, 1.82) is 0 Å². The Morgan fingerprint density at radius 2 is 1.63 bits per heavy atom. The summed E-state index contributed by atoms with van der Waals surface area (Å²) in [5.74, 6) is 1.01. The van der Waals surface area contributed by atoms with Gasteiger partial charge in [0.1, 0.15) is 0 Å². The number of hydrogen-bond acceptors (Lipinski definition) is 3. The molecular weight excluding hydrogens is 338 g/mol. The Hall–Kier alpha value is -1.88. The molecule has 5 heteroatoms. The summed E-state index contributed by atoms with van der Waals surface area (Å²) in [5.41, 5.74) is 1.48. The summed E-state index contributed by atoms with van der Waals surface area (Å²) < 4.78 is 0. The van der Waals surface area contributed by atoms with Gasteiger partial charge in [-0.05, 0) is 70.0 Å². The highest BCUT2D eigenvalue weighted by Gasteiger charge is 2.29. The van der Waals surface area contributed by atoms with Crippen LogP contribution in [0.25, 0.3) is 0 Å². The van der Waals surface area contributed by atoms with Crippen molar-refractivity contribution in [2.24, 2.45) is 11.8 Å². The summed E-state index contributed by atoms with van der Waals surface area (Å²) in [5, 5.41) is 2.93. The van der Waals surface area contributed by atoms with E-state index in [1.807, 2.05) is 43.3 Å². The lowest BCUT2D eigenvalue weighted by Crippen LogP contribution is -2.40. The maximum absolute atomic E-state index is 13.1. The minimum absolute atomic E-state index is 0.0963. The number of likely N-dealkylation sites (N-methyl/N-ethyl adjacent to an activating group) is 1. The third-order valence-corrected chi connectivity index (χ3v) is 5.66. The van der Waals surface area contributed by atoms with Crippen molar-refractivity contribution in [3.05, 3.63) is 29.8 Å². The molecule has 1 aromatic carbocycles. The van der Waals surface area contributed by atoms with Crippen molar-refractivity contribution in [2.45, 2.75) is 44.9 Å². The smallest absolute Gasteiger partial charge is 0.253 e. The zero-order valence-corrected chi connectivity index (χ0v) is 16.7. The molecule has 0 atom stereocenters. The van der Waals surface area contributed by atoms with E-state index in [9.17, 15) is 9.59 Å². The summed E-state index contributed by atoms with van der Waals surface area (Å²) in [6.45, 7) is 2.48. The van der Waals surface area contributed by atoms with Crippen molar-refractivity contribution in [3.63, 3.8) is 0 Å². The van der Waals surface area contributed by atoms with E-state index in [1.54, 1.807) is 0 Å². The molecule has 2 saturated carbocycles. The third-order valence-electron chi connectivity index (χ3n) is 5.66. The summed E-state index contributed by atoms with van der Waals surface area (Å²) in [4.78, 5) is 29.1. The van der Waals surface area contributed by atoms with Crippen LogP contribution in [0.5, 0.6) is 0 Å². The minimum atomic E-state index is 0.0963. The number of nitrogens with one attached hydrogen (secondary N) is 1. The van der Waals surface area contributed by atoms with Crippen molar-refractivity contribution in [3.8, 4) is 0 Å². The Kier molecular flexibility index (Phi) is 6.89. The molecule has 2 aliphatic rings. The van der Waals surface area contributed by atoms with Gasteiger partial charge in [0, 0.05) is 36.8 Å². The average Bonchev–Trinajstić information content (AvgIpc) is 3.51. The molecule has 0 bridgehead atoms. The summed E-state index contributed by atoms with van der Waals surface area (Å²) in [6, 6.07) is 7.37. The standard InChI is InChI=1S/C22H33N3O2/c1-24(2)14-15-25(16-17-6-4-3-5-7-17)22(27)19-10-12-20(13-11-19)23-21(26)18-8-9-18/h10-13,17-18H,3-9,14-16H2,1-2H3,(H,23,26). The maximum Gasteiger partial charge on any atom is 0.253 e. The van der Waals surface area contributed by atoms with E-state index in [-0.39, 0.29) is 17.7 Å². The lowest BCUT2D eigenvalue weighted by Gasteiger charge is -2.31. The fourth-order valence-electron chi connectivity index (χ4n) is 3.75. The van der Waals surface area contributed by atoms with Gasteiger partial charge in [-0.15, -0.1) is 0 Å². The van der Waals surface area contributed by atoms with Gasteiger partial charge in [0.15, 0.2) is 0 Å². The van der Waals surface area contributed by atoms with Crippen molar-refractivity contribution < 1.29 is 9.59 Å². The first kappa shape index (κ1) is 19.9. The van der Waals surface area contributed by atoms with Gasteiger partial charge in [0.2, 0.25) is 5.91 Å². The molecular formula is C22H33N3O2. The van der Waals surface area contributed by atoms with Gasteiger partial charge in [-0.1, -0.05) is 19.3 Å². The van der Waals surface area contributed by atoms with Crippen LogP contribution in [0.3, 0.4) is 0 Å². The molecule has 0 heterocycles. The van der Waals surface area contributed by atoms with Crippen LogP contribution in [-0.4, -0.2) is 55.3 Å². The predicted octanol–water partition coefficient (Wildman–Crippen LogP) is 3.62. The van der Waals surface area contributed by atoms with Crippen LogP contribution < -0.4 is 5.32 Å². The Morgan fingerprint density at radius 3 is 2.22 bits per heavy atom.